The van der Waals surface area contributed by atoms with Crippen LogP contribution in [-0.4, -0.2) is 62.1 Å². The molecule has 1 aliphatic heterocycles. The van der Waals surface area contributed by atoms with Gasteiger partial charge in [0.1, 0.15) is 0 Å². The van der Waals surface area contributed by atoms with Crippen LogP contribution in [0.1, 0.15) is 18.4 Å². The van der Waals surface area contributed by atoms with E-state index in [4.69, 9.17) is 10.5 Å². The number of carbonyl (C=O) groups excluding carboxylic acids is 1. The highest BCUT2D eigenvalue weighted by Crippen LogP contribution is 2.19. The number of benzene rings is 1. The first-order valence-corrected chi connectivity index (χ1v) is 8.35. The molecule has 2 rings (SSSR count). The Labute approximate surface area is 139 Å². The van der Waals surface area contributed by atoms with Crippen molar-refractivity contribution in [2.45, 2.75) is 25.5 Å². The van der Waals surface area contributed by atoms with Crippen molar-refractivity contribution in [3.63, 3.8) is 0 Å². The topological polar surface area (TPSA) is 58.8 Å². The minimum Gasteiger partial charge on any atom is -0.380 e. The Balaban J connectivity index is 1.75. The molecule has 128 valence electrons. The van der Waals surface area contributed by atoms with Crippen molar-refractivity contribution in [3.8, 4) is 0 Å². The average Bonchev–Trinajstić information content (AvgIpc) is 3.00. The highest BCUT2D eigenvalue weighted by atomic mass is 16.5. The maximum Gasteiger partial charge on any atom is 0.224 e. The Morgan fingerprint density at radius 3 is 2.83 bits per heavy atom. The number of nitrogens with zero attached hydrogens (tertiary/aromatic N) is 2. The molecule has 2 atom stereocenters. The van der Waals surface area contributed by atoms with Crippen LogP contribution in [0.4, 0.5) is 0 Å². The molecular weight excluding hydrogens is 290 g/mol. The van der Waals surface area contributed by atoms with Crippen LogP contribution in [0.2, 0.25) is 0 Å². The van der Waals surface area contributed by atoms with Crippen molar-refractivity contribution in [3.05, 3.63) is 35.9 Å². The van der Waals surface area contributed by atoms with Gasteiger partial charge < -0.3 is 15.4 Å². The van der Waals surface area contributed by atoms with E-state index in [2.05, 4.69) is 29.2 Å². The molecule has 1 fully saturated rings. The lowest BCUT2D eigenvalue weighted by Crippen LogP contribution is -2.37. The lowest BCUT2D eigenvalue weighted by molar-refractivity contribution is -0.132. The molecule has 1 aromatic carbocycles. The fourth-order valence-corrected chi connectivity index (χ4v) is 3.15. The van der Waals surface area contributed by atoms with Crippen LogP contribution in [-0.2, 0) is 16.1 Å². The van der Waals surface area contributed by atoms with E-state index in [0.717, 1.165) is 32.6 Å². The minimum atomic E-state index is -0.178. The third-order valence-electron chi connectivity index (χ3n) is 4.58. The summed E-state index contributed by atoms with van der Waals surface area (Å²) in [4.78, 5) is 16.5. The van der Waals surface area contributed by atoms with E-state index in [0.29, 0.717) is 18.9 Å². The summed E-state index contributed by atoms with van der Waals surface area (Å²) in [6.45, 7) is 4.34. The van der Waals surface area contributed by atoms with Gasteiger partial charge in [0.15, 0.2) is 0 Å². The molecule has 2 unspecified atom stereocenters. The number of amides is 1. The lowest BCUT2D eigenvalue weighted by Gasteiger charge is -2.23. The number of carbonyl (C=O) groups is 1. The van der Waals surface area contributed by atoms with Crippen LogP contribution in [0.15, 0.2) is 30.3 Å². The first kappa shape index (κ1) is 17.9. The van der Waals surface area contributed by atoms with E-state index in [1.165, 1.54) is 5.56 Å². The van der Waals surface area contributed by atoms with E-state index in [1.54, 1.807) is 7.11 Å². The molecule has 1 aliphatic rings. The fraction of sp³-hybridized carbons (Fsp3) is 0.611. The first-order valence-electron chi connectivity index (χ1n) is 8.35. The molecule has 0 radical (unpaired) electrons. The molecule has 0 aliphatic carbocycles. The molecule has 0 saturated carbocycles. The van der Waals surface area contributed by atoms with E-state index in [-0.39, 0.29) is 12.0 Å². The number of likely N-dealkylation sites (tertiary alicyclic amines) is 1. The van der Waals surface area contributed by atoms with Crippen LogP contribution < -0.4 is 5.73 Å². The quantitative estimate of drug-likeness (QED) is 0.785. The molecule has 2 N–H and O–H groups in total. The highest BCUT2D eigenvalue weighted by Gasteiger charge is 2.25. The van der Waals surface area contributed by atoms with Crippen LogP contribution in [0.25, 0.3) is 0 Å². The number of methoxy groups -OCH3 is 1. The van der Waals surface area contributed by atoms with Crippen LogP contribution >= 0.6 is 0 Å². The second-order valence-corrected chi connectivity index (χ2v) is 6.45. The average molecular weight is 319 g/mol. The third kappa shape index (κ3) is 5.61. The van der Waals surface area contributed by atoms with Crippen molar-refractivity contribution in [1.29, 1.82) is 0 Å². The Kier molecular flexibility index (Phi) is 7.02. The molecule has 0 bridgehead atoms. The van der Waals surface area contributed by atoms with Gasteiger partial charge in [-0.2, -0.15) is 0 Å². The molecule has 1 amide bonds. The van der Waals surface area contributed by atoms with Crippen molar-refractivity contribution < 1.29 is 9.53 Å². The number of rotatable bonds is 8. The zero-order valence-corrected chi connectivity index (χ0v) is 14.3. The summed E-state index contributed by atoms with van der Waals surface area (Å²) in [5.41, 5.74) is 6.93. The van der Waals surface area contributed by atoms with Crippen molar-refractivity contribution >= 4 is 5.91 Å². The smallest absolute Gasteiger partial charge is 0.224 e. The standard InChI is InChI=1S/C18H29N3O2/c1-20(18(22)10-17(11-19)23-2)12-16-8-9-21(14-16)13-15-6-4-3-5-7-15/h3-7,16-17H,8-14,19H2,1-2H3. The normalized spacial score (nSPS) is 19.7. The summed E-state index contributed by atoms with van der Waals surface area (Å²) < 4.78 is 5.19. The van der Waals surface area contributed by atoms with Crippen molar-refractivity contribution in [1.82, 2.24) is 9.80 Å². The largest absolute Gasteiger partial charge is 0.380 e. The Bertz CT molecular complexity index is 476. The molecule has 1 aromatic rings. The van der Waals surface area contributed by atoms with Gasteiger partial charge in [0.2, 0.25) is 5.91 Å². The summed E-state index contributed by atoms with van der Waals surface area (Å²) >= 11 is 0. The maximum absolute atomic E-state index is 12.2. The number of nitrogens with two attached hydrogens (primary N) is 1. The summed E-state index contributed by atoms with van der Waals surface area (Å²) in [7, 11) is 3.48. The highest BCUT2D eigenvalue weighted by molar-refractivity contribution is 5.76. The van der Waals surface area contributed by atoms with Gasteiger partial charge in [-0.15, -0.1) is 0 Å². The van der Waals surface area contributed by atoms with E-state index in [9.17, 15) is 4.79 Å². The van der Waals surface area contributed by atoms with Crippen LogP contribution in [0.3, 0.4) is 0 Å². The SMILES string of the molecule is COC(CN)CC(=O)N(C)CC1CCN(Cc2ccccc2)C1. The lowest BCUT2D eigenvalue weighted by atomic mass is 10.1. The Morgan fingerprint density at radius 2 is 2.17 bits per heavy atom. The molecular formula is C18H29N3O2. The monoisotopic (exact) mass is 319 g/mol. The van der Waals surface area contributed by atoms with Crippen molar-refractivity contribution in [2.24, 2.45) is 11.7 Å². The Hall–Kier alpha value is -1.43. The van der Waals surface area contributed by atoms with Gasteiger partial charge in [-0.25, -0.2) is 0 Å². The third-order valence-corrected chi connectivity index (χ3v) is 4.58. The summed E-state index contributed by atoms with van der Waals surface area (Å²) in [5.74, 6) is 0.662. The van der Waals surface area contributed by atoms with Crippen molar-refractivity contribution in [2.75, 3.05) is 40.3 Å². The number of hydrogen-bond acceptors (Lipinski definition) is 4. The maximum atomic E-state index is 12.2. The molecule has 5 nitrogen and oxygen atoms in total. The van der Waals surface area contributed by atoms with Crippen LogP contribution in [0, 0.1) is 5.92 Å². The summed E-state index contributed by atoms with van der Waals surface area (Å²) in [6.07, 6.45) is 1.34. The predicted octanol–water partition coefficient (Wildman–Crippen LogP) is 1.33. The van der Waals surface area contributed by atoms with Gasteiger partial charge in [0, 0.05) is 40.3 Å². The molecule has 5 heteroatoms. The molecule has 0 spiro atoms. The zero-order valence-electron chi connectivity index (χ0n) is 14.3. The second-order valence-electron chi connectivity index (χ2n) is 6.45. The number of hydrogen-bond donors (Lipinski definition) is 1. The van der Waals surface area contributed by atoms with Gasteiger partial charge in [-0.3, -0.25) is 9.69 Å². The predicted molar refractivity (Wildman–Crippen MR) is 91.9 cm³/mol. The molecule has 1 heterocycles. The fourth-order valence-electron chi connectivity index (χ4n) is 3.15. The Morgan fingerprint density at radius 1 is 1.43 bits per heavy atom. The summed E-state index contributed by atoms with van der Waals surface area (Å²) in [6, 6.07) is 10.5. The van der Waals surface area contributed by atoms with Crippen LogP contribution in [0.5, 0.6) is 0 Å². The zero-order chi connectivity index (χ0) is 16.7. The second kappa shape index (κ2) is 9.01. The molecule has 23 heavy (non-hydrogen) atoms. The molecule has 0 aromatic heterocycles. The van der Waals surface area contributed by atoms with Gasteiger partial charge in [-0.1, -0.05) is 30.3 Å². The van der Waals surface area contributed by atoms with E-state index >= 15 is 0 Å². The van der Waals surface area contributed by atoms with Gasteiger partial charge >= 0.3 is 0 Å². The molecule has 1 saturated heterocycles. The number of ether oxygens (including phenoxy) is 1. The summed E-state index contributed by atoms with van der Waals surface area (Å²) in [5, 5.41) is 0. The van der Waals surface area contributed by atoms with E-state index in [1.807, 2.05) is 18.0 Å². The van der Waals surface area contributed by atoms with Gasteiger partial charge in [0.05, 0.1) is 12.5 Å². The van der Waals surface area contributed by atoms with Gasteiger partial charge in [-0.05, 0) is 24.4 Å². The van der Waals surface area contributed by atoms with Gasteiger partial charge in [0.25, 0.3) is 0 Å². The first-order chi connectivity index (χ1) is 11.1. The van der Waals surface area contributed by atoms with E-state index < -0.39 is 0 Å². The minimum absolute atomic E-state index is 0.115.